The fraction of sp³-hybridized carbons (Fsp3) is 0.571. The fourth-order valence-electron chi connectivity index (χ4n) is 2.12. The number of alkyl halides is 3. The first-order valence-electron chi connectivity index (χ1n) is 6.66. The Morgan fingerprint density at radius 1 is 1.33 bits per heavy atom. The van der Waals surface area contributed by atoms with Crippen molar-refractivity contribution in [3.05, 3.63) is 35.1 Å². The van der Waals surface area contributed by atoms with E-state index in [0.29, 0.717) is 25.8 Å². The van der Waals surface area contributed by atoms with Crippen molar-refractivity contribution in [1.29, 1.82) is 0 Å². The lowest BCUT2D eigenvalue weighted by Crippen LogP contribution is -2.34. The molecule has 0 heterocycles. The molecule has 2 N–H and O–H groups in total. The Hall–Kier alpha value is -1.18. The van der Waals surface area contributed by atoms with Gasteiger partial charge in [0.1, 0.15) is 5.82 Å². The summed E-state index contributed by atoms with van der Waals surface area (Å²) >= 11 is 0. The molecule has 0 aliphatic rings. The van der Waals surface area contributed by atoms with Crippen LogP contribution in [-0.4, -0.2) is 38.3 Å². The van der Waals surface area contributed by atoms with Crippen molar-refractivity contribution < 1.29 is 22.3 Å². The molecule has 0 amide bonds. The fourth-order valence-corrected chi connectivity index (χ4v) is 2.12. The highest BCUT2D eigenvalue weighted by Crippen LogP contribution is 2.36. The molecule has 1 aromatic rings. The monoisotopic (exact) mass is 308 g/mol. The second-order valence-electron chi connectivity index (χ2n) is 4.66. The first-order valence-corrected chi connectivity index (χ1v) is 6.66. The van der Waals surface area contributed by atoms with Crippen LogP contribution < -0.4 is 5.73 Å². The van der Waals surface area contributed by atoms with Gasteiger partial charge in [-0.2, -0.15) is 13.2 Å². The highest BCUT2D eigenvalue weighted by atomic mass is 19.4. The number of nitrogens with zero attached hydrogens (tertiary/aromatic N) is 1. The van der Waals surface area contributed by atoms with E-state index in [1.807, 2.05) is 6.92 Å². The van der Waals surface area contributed by atoms with Crippen LogP contribution in [0.25, 0.3) is 0 Å². The first-order chi connectivity index (χ1) is 9.81. The third kappa shape index (κ3) is 4.94. The molecule has 0 aliphatic heterocycles. The lowest BCUT2D eigenvalue weighted by Gasteiger charge is -2.29. The summed E-state index contributed by atoms with van der Waals surface area (Å²) in [4.78, 5) is 1.68. The van der Waals surface area contributed by atoms with Crippen molar-refractivity contribution in [1.82, 2.24) is 4.90 Å². The molecule has 1 unspecified atom stereocenters. The van der Waals surface area contributed by atoms with Gasteiger partial charge in [-0.15, -0.1) is 0 Å². The summed E-state index contributed by atoms with van der Waals surface area (Å²) in [5, 5.41) is 0. The van der Waals surface area contributed by atoms with E-state index >= 15 is 0 Å². The Morgan fingerprint density at radius 3 is 2.52 bits per heavy atom. The van der Waals surface area contributed by atoms with E-state index in [1.54, 1.807) is 11.9 Å². The first kappa shape index (κ1) is 17.9. The van der Waals surface area contributed by atoms with Gasteiger partial charge in [0, 0.05) is 25.7 Å². The Labute approximate surface area is 121 Å². The molecule has 0 saturated heterocycles. The van der Waals surface area contributed by atoms with Crippen molar-refractivity contribution in [2.45, 2.75) is 19.1 Å². The standard InChI is InChI=1S/C14H20F4N2O/c1-3-21-7-6-20(2)13(9-19)11-5-4-10(15)8-12(11)14(16,17)18/h4-5,8,13H,3,6-7,9,19H2,1-2H3. The van der Waals surface area contributed by atoms with Crippen molar-refractivity contribution in [2.24, 2.45) is 5.73 Å². The molecule has 1 atom stereocenters. The maximum absolute atomic E-state index is 13.1. The quantitative estimate of drug-likeness (QED) is 0.622. The lowest BCUT2D eigenvalue weighted by atomic mass is 9.98. The van der Waals surface area contributed by atoms with Crippen molar-refractivity contribution >= 4 is 0 Å². The third-order valence-electron chi connectivity index (χ3n) is 3.23. The van der Waals surface area contributed by atoms with Crippen molar-refractivity contribution in [3.8, 4) is 0 Å². The smallest absolute Gasteiger partial charge is 0.380 e. The highest BCUT2D eigenvalue weighted by Gasteiger charge is 2.36. The highest BCUT2D eigenvalue weighted by molar-refractivity contribution is 5.33. The Kier molecular flexibility index (Phi) is 6.57. The van der Waals surface area contributed by atoms with E-state index in [0.717, 1.165) is 12.1 Å². The molecule has 0 saturated carbocycles. The van der Waals surface area contributed by atoms with Crippen LogP contribution in [0.5, 0.6) is 0 Å². The molecule has 0 aliphatic carbocycles. The Morgan fingerprint density at radius 2 is 2.00 bits per heavy atom. The molecular weight excluding hydrogens is 288 g/mol. The number of ether oxygens (including phenoxy) is 1. The van der Waals surface area contributed by atoms with Crippen LogP contribution in [0.15, 0.2) is 18.2 Å². The van der Waals surface area contributed by atoms with Crippen LogP contribution >= 0.6 is 0 Å². The zero-order valence-corrected chi connectivity index (χ0v) is 12.1. The zero-order chi connectivity index (χ0) is 16.0. The number of likely N-dealkylation sites (N-methyl/N-ethyl adjacent to an activating group) is 1. The van der Waals surface area contributed by atoms with Crippen LogP contribution in [0.3, 0.4) is 0 Å². The third-order valence-corrected chi connectivity index (χ3v) is 3.23. The molecule has 7 heteroatoms. The van der Waals surface area contributed by atoms with Gasteiger partial charge in [0.2, 0.25) is 0 Å². The van der Waals surface area contributed by atoms with Gasteiger partial charge in [0.15, 0.2) is 0 Å². The number of rotatable bonds is 7. The molecule has 0 spiro atoms. The molecule has 3 nitrogen and oxygen atoms in total. The Balaban J connectivity index is 3.05. The zero-order valence-electron chi connectivity index (χ0n) is 12.1. The summed E-state index contributed by atoms with van der Waals surface area (Å²) in [6.07, 6.45) is -4.62. The second kappa shape index (κ2) is 7.72. The summed E-state index contributed by atoms with van der Waals surface area (Å²) in [6, 6.07) is 2.02. The number of nitrogens with two attached hydrogens (primary N) is 1. The maximum Gasteiger partial charge on any atom is 0.416 e. The summed E-state index contributed by atoms with van der Waals surface area (Å²) in [7, 11) is 1.67. The summed E-state index contributed by atoms with van der Waals surface area (Å²) < 4.78 is 57.4. The van der Waals surface area contributed by atoms with Gasteiger partial charge in [-0.1, -0.05) is 6.07 Å². The minimum absolute atomic E-state index is 0.00264. The Bertz CT molecular complexity index is 451. The minimum Gasteiger partial charge on any atom is -0.380 e. The molecule has 1 aromatic carbocycles. The molecule has 0 aromatic heterocycles. The van der Waals surface area contributed by atoms with E-state index in [4.69, 9.17) is 10.5 Å². The van der Waals surface area contributed by atoms with Crippen LogP contribution in [0.1, 0.15) is 24.1 Å². The topological polar surface area (TPSA) is 38.5 Å². The van der Waals surface area contributed by atoms with E-state index in [1.165, 1.54) is 0 Å². The van der Waals surface area contributed by atoms with Gasteiger partial charge in [0.05, 0.1) is 12.2 Å². The largest absolute Gasteiger partial charge is 0.416 e. The average molecular weight is 308 g/mol. The molecule has 120 valence electrons. The molecule has 0 radical (unpaired) electrons. The van der Waals surface area contributed by atoms with Gasteiger partial charge in [-0.05, 0) is 31.7 Å². The van der Waals surface area contributed by atoms with Crippen LogP contribution in [0.4, 0.5) is 17.6 Å². The van der Waals surface area contributed by atoms with E-state index in [9.17, 15) is 17.6 Å². The molecule has 1 rings (SSSR count). The predicted octanol–water partition coefficient (Wildman–Crippen LogP) is 2.81. The summed E-state index contributed by atoms with van der Waals surface area (Å²) in [5.74, 6) is -0.918. The van der Waals surface area contributed by atoms with Crippen LogP contribution in [0, 0.1) is 5.82 Å². The average Bonchev–Trinajstić information content (AvgIpc) is 2.40. The van der Waals surface area contributed by atoms with Crippen molar-refractivity contribution in [2.75, 3.05) is 33.4 Å². The van der Waals surface area contributed by atoms with E-state index in [-0.39, 0.29) is 12.1 Å². The van der Waals surface area contributed by atoms with Gasteiger partial charge >= 0.3 is 6.18 Å². The molecule has 0 fully saturated rings. The molecule has 21 heavy (non-hydrogen) atoms. The SMILES string of the molecule is CCOCCN(C)C(CN)c1ccc(F)cc1C(F)(F)F. The summed E-state index contributed by atoms with van der Waals surface area (Å²) in [6.45, 7) is 3.20. The lowest BCUT2D eigenvalue weighted by molar-refractivity contribution is -0.139. The number of hydrogen-bond donors (Lipinski definition) is 1. The van der Waals surface area contributed by atoms with Gasteiger partial charge in [-0.3, -0.25) is 4.90 Å². The predicted molar refractivity (Wildman–Crippen MR) is 72.3 cm³/mol. The second-order valence-corrected chi connectivity index (χ2v) is 4.66. The number of hydrogen-bond acceptors (Lipinski definition) is 3. The van der Waals surface area contributed by atoms with Gasteiger partial charge in [-0.25, -0.2) is 4.39 Å². The minimum atomic E-state index is -4.62. The van der Waals surface area contributed by atoms with Crippen LogP contribution in [-0.2, 0) is 10.9 Å². The maximum atomic E-state index is 13.1. The molecular formula is C14H20F4N2O. The van der Waals surface area contributed by atoms with Gasteiger partial charge < -0.3 is 10.5 Å². The summed E-state index contributed by atoms with van der Waals surface area (Å²) in [5.41, 5.74) is 4.61. The molecule has 0 bridgehead atoms. The van der Waals surface area contributed by atoms with Crippen LogP contribution in [0.2, 0.25) is 0 Å². The number of benzene rings is 1. The number of halogens is 4. The van der Waals surface area contributed by atoms with E-state index < -0.39 is 23.6 Å². The van der Waals surface area contributed by atoms with Gasteiger partial charge in [0.25, 0.3) is 0 Å². The van der Waals surface area contributed by atoms with E-state index in [2.05, 4.69) is 0 Å². The van der Waals surface area contributed by atoms with Crippen molar-refractivity contribution in [3.63, 3.8) is 0 Å². The normalized spacial score (nSPS) is 13.7.